The molecule has 0 spiro atoms. The minimum absolute atomic E-state index is 0.00613. The monoisotopic (exact) mass is 452 g/mol. The highest BCUT2D eigenvalue weighted by Gasteiger charge is 2.41. The van der Waals surface area contributed by atoms with Crippen LogP contribution in [0.25, 0.3) is 0 Å². The van der Waals surface area contributed by atoms with Crippen molar-refractivity contribution in [3.63, 3.8) is 0 Å². The maximum absolute atomic E-state index is 13.4. The molecule has 1 atom stereocenters. The number of carbonyl (C=O) groups excluding carboxylic acids is 1. The molecule has 168 valence electrons. The second-order valence-corrected chi connectivity index (χ2v) is 8.60. The van der Waals surface area contributed by atoms with E-state index in [4.69, 9.17) is 18.9 Å². The van der Waals surface area contributed by atoms with Gasteiger partial charge in [-0.1, -0.05) is 0 Å². The van der Waals surface area contributed by atoms with Gasteiger partial charge in [0.15, 0.2) is 11.5 Å². The largest absolute Gasteiger partial charge is 0.497 e. The van der Waals surface area contributed by atoms with Crippen molar-refractivity contribution in [3.8, 4) is 23.0 Å². The molecule has 2 N–H and O–H groups in total. The van der Waals surface area contributed by atoms with Crippen molar-refractivity contribution < 1.29 is 37.4 Å². The van der Waals surface area contributed by atoms with Crippen LogP contribution in [0.5, 0.6) is 23.0 Å². The smallest absolute Gasteiger partial charge is 0.262 e. The predicted octanol–water partition coefficient (Wildman–Crippen LogP) is 1.34. The number of fused-ring (bicyclic) bond motifs is 1. The normalized spacial score (nSPS) is 16.2. The fourth-order valence-corrected chi connectivity index (χ4v) is 5.19. The number of hydrogen-bond acceptors (Lipinski definition) is 8. The van der Waals surface area contributed by atoms with Gasteiger partial charge in [-0.25, -0.2) is 13.9 Å². The average Bonchev–Trinajstić information content (AvgIpc) is 2.81. The lowest BCUT2D eigenvalue weighted by atomic mass is 9.93. The number of nitrogens with zero attached hydrogens (tertiary/aromatic N) is 1. The summed E-state index contributed by atoms with van der Waals surface area (Å²) < 4.78 is 49.2. The Balaban J connectivity index is 2.16. The first-order valence-electron chi connectivity index (χ1n) is 9.22. The van der Waals surface area contributed by atoms with E-state index in [2.05, 4.69) is 0 Å². The first kappa shape index (κ1) is 22.7. The van der Waals surface area contributed by atoms with Crippen molar-refractivity contribution in [3.05, 3.63) is 41.5 Å². The van der Waals surface area contributed by atoms with Crippen LogP contribution in [0.3, 0.4) is 0 Å². The van der Waals surface area contributed by atoms with E-state index in [9.17, 15) is 18.4 Å². The molecule has 0 fully saturated rings. The van der Waals surface area contributed by atoms with E-state index in [-0.39, 0.29) is 17.9 Å². The van der Waals surface area contributed by atoms with Gasteiger partial charge in [-0.2, -0.15) is 4.31 Å². The number of methoxy groups -OCH3 is 4. The number of benzene rings is 2. The van der Waals surface area contributed by atoms with Gasteiger partial charge in [-0.05, 0) is 42.3 Å². The van der Waals surface area contributed by atoms with E-state index in [0.717, 1.165) is 4.31 Å². The van der Waals surface area contributed by atoms with E-state index in [1.165, 1.54) is 52.7 Å². The molecular formula is C20H24N2O8S. The van der Waals surface area contributed by atoms with Crippen LogP contribution in [-0.4, -0.2) is 58.3 Å². The summed E-state index contributed by atoms with van der Waals surface area (Å²) in [5.41, 5.74) is 2.75. The van der Waals surface area contributed by atoms with Gasteiger partial charge in [-0.15, -0.1) is 0 Å². The maximum atomic E-state index is 13.4. The summed E-state index contributed by atoms with van der Waals surface area (Å²) in [6.45, 7) is -0.175. The molecule has 11 heteroatoms. The lowest BCUT2D eigenvalue weighted by Crippen LogP contribution is -2.52. The highest BCUT2D eigenvalue weighted by molar-refractivity contribution is 7.89. The predicted molar refractivity (Wildman–Crippen MR) is 109 cm³/mol. The van der Waals surface area contributed by atoms with Crippen LogP contribution in [0, 0.1) is 0 Å². The summed E-state index contributed by atoms with van der Waals surface area (Å²) in [6, 6.07) is 6.30. The number of amides is 1. The zero-order valence-corrected chi connectivity index (χ0v) is 18.4. The number of sulfonamides is 1. The van der Waals surface area contributed by atoms with Crippen molar-refractivity contribution in [1.29, 1.82) is 0 Å². The summed E-state index contributed by atoms with van der Waals surface area (Å²) in [4.78, 5) is 12.4. The van der Waals surface area contributed by atoms with E-state index < -0.39 is 22.0 Å². The molecule has 2 aromatic carbocycles. The minimum Gasteiger partial charge on any atom is -0.497 e. The second-order valence-electron chi connectivity index (χ2n) is 6.70. The zero-order chi connectivity index (χ0) is 22.8. The summed E-state index contributed by atoms with van der Waals surface area (Å²) in [5.74, 6) is 0.653. The van der Waals surface area contributed by atoms with E-state index in [1.807, 2.05) is 0 Å². The number of hydroxylamine groups is 1. The number of nitrogens with one attached hydrogen (secondary N) is 1. The molecule has 1 amide bonds. The maximum Gasteiger partial charge on any atom is 0.262 e. The molecule has 0 radical (unpaired) electrons. The standard InChI is InChI=1S/C20H24N2O8S/c1-27-13-5-7-14(8-6-13)31(25,26)22-11-15-12(9-16(22)20(23)21-24)10-17(28-2)19(30-4)18(15)29-3/h5-8,10,16,24H,9,11H2,1-4H3,(H,21,23). The summed E-state index contributed by atoms with van der Waals surface area (Å²) in [5, 5.41) is 9.23. The number of ether oxygens (including phenoxy) is 4. The Kier molecular flexibility index (Phi) is 6.58. The Labute approximate surface area is 180 Å². The van der Waals surface area contributed by atoms with Crippen LogP contribution in [0.1, 0.15) is 11.1 Å². The van der Waals surface area contributed by atoms with Crippen molar-refractivity contribution in [2.75, 3.05) is 28.4 Å². The van der Waals surface area contributed by atoms with Gasteiger partial charge in [0.05, 0.1) is 33.3 Å². The summed E-state index contributed by atoms with van der Waals surface area (Å²) in [7, 11) is 1.70. The minimum atomic E-state index is -4.12. The zero-order valence-electron chi connectivity index (χ0n) is 17.5. The van der Waals surface area contributed by atoms with Gasteiger partial charge in [0, 0.05) is 12.1 Å². The Morgan fingerprint density at radius 3 is 2.19 bits per heavy atom. The van der Waals surface area contributed by atoms with Crippen molar-refractivity contribution in [2.45, 2.75) is 23.9 Å². The van der Waals surface area contributed by atoms with Crippen LogP contribution < -0.4 is 24.4 Å². The fraction of sp³-hybridized carbons (Fsp3) is 0.350. The number of carbonyl (C=O) groups is 1. The lowest BCUT2D eigenvalue weighted by molar-refractivity contribution is -0.133. The lowest BCUT2D eigenvalue weighted by Gasteiger charge is -2.35. The van der Waals surface area contributed by atoms with E-state index >= 15 is 0 Å². The van der Waals surface area contributed by atoms with Gasteiger partial charge < -0.3 is 18.9 Å². The Hall–Kier alpha value is -3.02. The first-order valence-corrected chi connectivity index (χ1v) is 10.7. The third-order valence-electron chi connectivity index (χ3n) is 5.18. The molecule has 0 saturated heterocycles. The van der Waals surface area contributed by atoms with Gasteiger partial charge in [-0.3, -0.25) is 10.0 Å². The third kappa shape index (κ3) is 3.99. The molecule has 0 aromatic heterocycles. The molecule has 1 aliphatic heterocycles. The van der Waals surface area contributed by atoms with Crippen molar-refractivity contribution in [1.82, 2.24) is 9.79 Å². The van der Waals surface area contributed by atoms with Gasteiger partial charge in [0.2, 0.25) is 15.8 Å². The van der Waals surface area contributed by atoms with E-state index in [1.54, 1.807) is 11.5 Å². The molecule has 10 nitrogen and oxygen atoms in total. The van der Waals surface area contributed by atoms with Crippen molar-refractivity contribution in [2.24, 2.45) is 0 Å². The van der Waals surface area contributed by atoms with Crippen LogP contribution in [0.4, 0.5) is 0 Å². The van der Waals surface area contributed by atoms with Crippen LogP contribution in [0.15, 0.2) is 35.2 Å². The molecule has 1 aliphatic rings. The Morgan fingerprint density at radius 1 is 1.03 bits per heavy atom. The topological polar surface area (TPSA) is 124 Å². The highest BCUT2D eigenvalue weighted by Crippen LogP contribution is 2.45. The van der Waals surface area contributed by atoms with Crippen molar-refractivity contribution >= 4 is 15.9 Å². The molecule has 31 heavy (non-hydrogen) atoms. The SMILES string of the molecule is COc1ccc(S(=O)(=O)N2Cc3c(cc(OC)c(OC)c3OC)CC2C(=O)NO)cc1. The van der Waals surface area contributed by atoms with Gasteiger partial charge in [0.1, 0.15) is 11.8 Å². The molecule has 0 bridgehead atoms. The molecule has 0 saturated carbocycles. The Bertz CT molecular complexity index is 1070. The van der Waals surface area contributed by atoms with Crippen LogP contribution in [-0.2, 0) is 27.8 Å². The molecule has 3 rings (SSSR count). The number of rotatable bonds is 7. The quantitative estimate of drug-likeness (QED) is 0.477. The van der Waals surface area contributed by atoms with Gasteiger partial charge in [0.25, 0.3) is 5.91 Å². The highest BCUT2D eigenvalue weighted by atomic mass is 32.2. The average molecular weight is 452 g/mol. The number of hydrogen-bond donors (Lipinski definition) is 2. The fourth-order valence-electron chi connectivity index (χ4n) is 3.63. The molecule has 0 aliphatic carbocycles. The van der Waals surface area contributed by atoms with Crippen LogP contribution in [0.2, 0.25) is 0 Å². The Morgan fingerprint density at radius 2 is 1.68 bits per heavy atom. The van der Waals surface area contributed by atoms with Gasteiger partial charge >= 0.3 is 0 Å². The summed E-state index contributed by atoms with van der Waals surface area (Å²) >= 11 is 0. The molecular weight excluding hydrogens is 428 g/mol. The third-order valence-corrected chi connectivity index (χ3v) is 7.05. The summed E-state index contributed by atoms with van der Waals surface area (Å²) in [6.07, 6.45) is -0.00613. The van der Waals surface area contributed by atoms with E-state index in [0.29, 0.717) is 34.1 Å². The van der Waals surface area contributed by atoms with Crippen LogP contribution >= 0.6 is 0 Å². The molecule has 2 aromatic rings. The molecule has 1 heterocycles. The molecule has 1 unspecified atom stereocenters. The second kappa shape index (κ2) is 9.00. The first-order chi connectivity index (χ1) is 14.8.